The molecule has 192 valence electrons. The van der Waals surface area contributed by atoms with Gasteiger partial charge in [0.2, 0.25) is 0 Å². The number of ether oxygens (including phenoxy) is 1. The maximum atomic E-state index is 14.4. The van der Waals surface area contributed by atoms with Crippen molar-refractivity contribution in [1.29, 1.82) is 0 Å². The molecule has 2 aromatic carbocycles. The van der Waals surface area contributed by atoms with Crippen molar-refractivity contribution in [3.05, 3.63) is 99.3 Å². The van der Waals surface area contributed by atoms with Gasteiger partial charge in [-0.3, -0.25) is 9.69 Å². The fourth-order valence-corrected chi connectivity index (χ4v) is 5.55. The first kappa shape index (κ1) is 25.2. The Morgan fingerprint density at radius 3 is 2.65 bits per heavy atom. The largest absolute Gasteiger partial charge is 0.494 e. The molecule has 8 heteroatoms. The average molecular weight is 519 g/mol. The van der Waals surface area contributed by atoms with Crippen molar-refractivity contribution in [2.75, 3.05) is 13.7 Å². The minimum atomic E-state index is -0.189. The second-order valence-corrected chi connectivity index (χ2v) is 10.5. The van der Waals surface area contributed by atoms with Crippen LogP contribution in [-0.2, 0) is 26.1 Å². The average Bonchev–Trinajstić information content (AvgIpc) is 3.57. The molecule has 0 aliphatic carbocycles. The normalized spacial score (nSPS) is 13.5. The SMILES string of the molecule is COc1ccccc1-n1nc(CN(C(=O)c2cccs2)C(C)C)c2c1CCN(Cc1ccccc1F)C2. The maximum absolute atomic E-state index is 14.4. The molecular formula is C29H31FN4O2S. The number of aromatic nitrogens is 2. The van der Waals surface area contributed by atoms with Crippen LogP contribution in [0.5, 0.6) is 5.75 Å². The van der Waals surface area contributed by atoms with Crippen LogP contribution in [-0.4, -0.2) is 45.2 Å². The first-order chi connectivity index (χ1) is 18.0. The number of rotatable bonds is 8. The van der Waals surface area contributed by atoms with Crippen molar-refractivity contribution in [3.8, 4) is 11.4 Å². The summed E-state index contributed by atoms with van der Waals surface area (Å²) >= 11 is 1.45. The van der Waals surface area contributed by atoms with Gasteiger partial charge in [0.15, 0.2) is 0 Å². The Morgan fingerprint density at radius 2 is 1.92 bits per heavy atom. The summed E-state index contributed by atoms with van der Waals surface area (Å²) < 4.78 is 22.0. The number of halogens is 1. The van der Waals surface area contributed by atoms with Crippen molar-refractivity contribution in [1.82, 2.24) is 19.6 Å². The molecule has 2 aromatic heterocycles. The quantitative estimate of drug-likeness (QED) is 0.301. The number of carbonyl (C=O) groups excluding carboxylic acids is 1. The van der Waals surface area contributed by atoms with Gasteiger partial charge in [0.05, 0.1) is 29.9 Å². The second-order valence-electron chi connectivity index (χ2n) is 9.51. The van der Waals surface area contributed by atoms with E-state index in [1.54, 1.807) is 13.2 Å². The van der Waals surface area contributed by atoms with Crippen LogP contribution in [0.1, 0.15) is 46.0 Å². The van der Waals surface area contributed by atoms with Crippen LogP contribution in [0.2, 0.25) is 0 Å². The minimum Gasteiger partial charge on any atom is -0.494 e. The number of hydrogen-bond donors (Lipinski definition) is 0. The number of thiophene rings is 1. The molecule has 0 saturated heterocycles. The zero-order chi connectivity index (χ0) is 25.9. The molecule has 0 radical (unpaired) electrons. The molecule has 1 aliphatic rings. The third-order valence-electron chi connectivity index (χ3n) is 6.82. The lowest BCUT2D eigenvalue weighted by Gasteiger charge is -2.29. The number of hydrogen-bond acceptors (Lipinski definition) is 5. The summed E-state index contributed by atoms with van der Waals surface area (Å²) in [6.45, 7) is 6.38. The van der Waals surface area contributed by atoms with Crippen LogP contribution in [0.3, 0.4) is 0 Å². The Balaban J connectivity index is 1.53. The Hall–Kier alpha value is -3.49. The molecule has 4 aromatic rings. The summed E-state index contributed by atoms with van der Waals surface area (Å²) in [4.78, 5) is 18.2. The number of carbonyl (C=O) groups is 1. The van der Waals surface area contributed by atoms with E-state index in [0.29, 0.717) is 30.1 Å². The fourth-order valence-electron chi connectivity index (χ4n) is 4.87. The monoisotopic (exact) mass is 518 g/mol. The molecule has 37 heavy (non-hydrogen) atoms. The number of benzene rings is 2. The molecule has 3 heterocycles. The van der Waals surface area contributed by atoms with Gasteiger partial charge in [0.25, 0.3) is 5.91 Å². The summed E-state index contributed by atoms with van der Waals surface area (Å²) in [6.07, 6.45) is 0.759. The van der Waals surface area contributed by atoms with E-state index >= 15 is 0 Å². The molecule has 0 saturated carbocycles. The summed E-state index contributed by atoms with van der Waals surface area (Å²) in [5.74, 6) is 0.555. The van der Waals surface area contributed by atoms with E-state index in [1.165, 1.54) is 17.4 Å². The van der Waals surface area contributed by atoms with Crippen LogP contribution in [0.25, 0.3) is 5.69 Å². The van der Waals surface area contributed by atoms with E-state index in [0.717, 1.165) is 41.4 Å². The van der Waals surface area contributed by atoms with Gasteiger partial charge >= 0.3 is 0 Å². The minimum absolute atomic E-state index is 0.000213. The van der Waals surface area contributed by atoms with Crippen LogP contribution < -0.4 is 4.74 Å². The van der Waals surface area contributed by atoms with E-state index in [1.807, 2.05) is 77.3 Å². The lowest BCUT2D eigenvalue weighted by molar-refractivity contribution is 0.0691. The van der Waals surface area contributed by atoms with Gasteiger partial charge in [-0.1, -0.05) is 36.4 Å². The van der Waals surface area contributed by atoms with Crippen LogP contribution >= 0.6 is 11.3 Å². The predicted octanol–water partition coefficient (Wildman–Crippen LogP) is 5.69. The van der Waals surface area contributed by atoms with Gasteiger partial charge in [0.1, 0.15) is 17.3 Å². The van der Waals surface area contributed by atoms with Gasteiger partial charge in [-0.25, -0.2) is 9.07 Å². The second kappa shape index (κ2) is 10.9. The molecule has 0 bridgehead atoms. The van der Waals surface area contributed by atoms with Gasteiger partial charge in [-0.05, 0) is 43.5 Å². The number of fused-ring (bicyclic) bond motifs is 1. The Morgan fingerprint density at radius 1 is 1.14 bits per heavy atom. The predicted molar refractivity (Wildman–Crippen MR) is 144 cm³/mol. The number of para-hydroxylation sites is 2. The first-order valence-electron chi connectivity index (χ1n) is 12.5. The maximum Gasteiger partial charge on any atom is 0.264 e. The highest BCUT2D eigenvalue weighted by atomic mass is 32.1. The molecule has 0 unspecified atom stereocenters. The van der Waals surface area contributed by atoms with Crippen LogP contribution in [0.4, 0.5) is 4.39 Å². The molecule has 0 N–H and O–H groups in total. The summed E-state index contributed by atoms with van der Waals surface area (Å²) in [6, 6.07) is 18.5. The standard InChI is InChI=1S/C29H31FN4O2S/c1-20(2)33(29(35)28-13-8-16-37-28)19-24-22-18-32(17-21-9-4-5-10-23(21)30)15-14-25(22)34(31-24)26-11-6-7-12-27(26)36-3/h4-13,16,20H,14-15,17-19H2,1-3H3. The fraction of sp³-hybridized carbons (Fsp3) is 0.310. The first-order valence-corrected chi connectivity index (χ1v) is 13.4. The number of nitrogens with zero attached hydrogens (tertiary/aromatic N) is 4. The summed E-state index contributed by atoms with van der Waals surface area (Å²) in [5.41, 5.74) is 4.62. The van der Waals surface area contributed by atoms with Crippen molar-refractivity contribution < 1.29 is 13.9 Å². The molecular weight excluding hydrogens is 487 g/mol. The van der Waals surface area contributed by atoms with Crippen molar-refractivity contribution in [2.45, 2.75) is 45.9 Å². The highest BCUT2D eigenvalue weighted by molar-refractivity contribution is 7.12. The topological polar surface area (TPSA) is 50.6 Å². The third kappa shape index (κ3) is 5.17. The summed E-state index contributed by atoms with van der Waals surface area (Å²) in [5, 5.41) is 6.98. The van der Waals surface area contributed by atoms with Gasteiger partial charge in [0, 0.05) is 43.2 Å². The molecule has 6 nitrogen and oxygen atoms in total. The van der Waals surface area contributed by atoms with Gasteiger partial charge in [-0.2, -0.15) is 5.10 Å². The molecule has 0 atom stereocenters. The Labute approximate surface area is 220 Å². The zero-order valence-electron chi connectivity index (χ0n) is 21.4. The van der Waals surface area contributed by atoms with Crippen LogP contribution in [0, 0.1) is 5.82 Å². The third-order valence-corrected chi connectivity index (χ3v) is 7.68. The molecule has 0 spiro atoms. The van der Waals surface area contributed by atoms with E-state index < -0.39 is 0 Å². The van der Waals surface area contributed by atoms with Gasteiger partial charge in [-0.15, -0.1) is 11.3 Å². The Bertz CT molecular complexity index is 1380. The molecule has 1 amide bonds. The molecule has 5 rings (SSSR count). The number of methoxy groups -OCH3 is 1. The lowest BCUT2D eigenvalue weighted by Crippen LogP contribution is -2.37. The van der Waals surface area contributed by atoms with Crippen molar-refractivity contribution in [3.63, 3.8) is 0 Å². The molecule has 0 fully saturated rings. The van der Waals surface area contributed by atoms with E-state index in [4.69, 9.17) is 9.84 Å². The van der Waals surface area contributed by atoms with Crippen molar-refractivity contribution >= 4 is 17.2 Å². The van der Waals surface area contributed by atoms with E-state index in [2.05, 4.69) is 4.90 Å². The van der Waals surface area contributed by atoms with Gasteiger partial charge < -0.3 is 9.64 Å². The highest BCUT2D eigenvalue weighted by Crippen LogP contribution is 2.31. The summed E-state index contributed by atoms with van der Waals surface area (Å²) in [7, 11) is 1.66. The Kier molecular flexibility index (Phi) is 7.39. The van der Waals surface area contributed by atoms with Crippen molar-refractivity contribution in [2.24, 2.45) is 0 Å². The zero-order valence-corrected chi connectivity index (χ0v) is 22.2. The highest BCUT2D eigenvalue weighted by Gasteiger charge is 2.30. The lowest BCUT2D eigenvalue weighted by atomic mass is 10.0. The smallest absolute Gasteiger partial charge is 0.264 e. The number of amides is 1. The van der Waals surface area contributed by atoms with E-state index in [-0.39, 0.29) is 17.8 Å². The van der Waals surface area contributed by atoms with E-state index in [9.17, 15) is 9.18 Å². The molecule has 1 aliphatic heterocycles. The van der Waals surface area contributed by atoms with Crippen LogP contribution in [0.15, 0.2) is 66.0 Å².